The van der Waals surface area contributed by atoms with E-state index in [1.54, 1.807) is 6.07 Å². The van der Waals surface area contributed by atoms with Crippen molar-refractivity contribution in [3.63, 3.8) is 0 Å². The number of hydrogen-bond donors (Lipinski definition) is 1. The summed E-state index contributed by atoms with van der Waals surface area (Å²) in [7, 11) is 1.47. The molecular weight excluding hydrogens is 257 g/mol. The number of fused-ring (bicyclic) bond motifs is 1. The molecule has 0 spiro atoms. The summed E-state index contributed by atoms with van der Waals surface area (Å²) in [5, 5.41) is 0. The Balaban J connectivity index is 2.09. The Labute approximate surface area is 117 Å². The Bertz CT molecular complexity index is 634. The maximum Gasteiger partial charge on any atom is 0.201 e. The molecule has 0 bridgehead atoms. The zero-order valence-corrected chi connectivity index (χ0v) is 11.9. The van der Waals surface area contributed by atoms with Gasteiger partial charge in [0, 0.05) is 18.2 Å². The molecule has 1 heterocycles. The van der Waals surface area contributed by atoms with Gasteiger partial charge in [-0.1, -0.05) is 19.8 Å². The third kappa shape index (κ3) is 2.21. The topological polar surface area (TPSA) is 53.1 Å². The van der Waals surface area contributed by atoms with Gasteiger partial charge in [0.25, 0.3) is 0 Å². The van der Waals surface area contributed by atoms with Crippen molar-refractivity contribution in [1.82, 2.24) is 9.55 Å². The van der Waals surface area contributed by atoms with E-state index in [0.29, 0.717) is 17.5 Å². The van der Waals surface area contributed by atoms with Gasteiger partial charge < -0.3 is 15.0 Å². The van der Waals surface area contributed by atoms with Gasteiger partial charge in [-0.15, -0.1) is 0 Å². The Kier molecular flexibility index (Phi) is 3.28. The van der Waals surface area contributed by atoms with Crippen molar-refractivity contribution in [1.29, 1.82) is 0 Å². The van der Waals surface area contributed by atoms with Crippen molar-refractivity contribution < 1.29 is 9.13 Å². The van der Waals surface area contributed by atoms with E-state index in [1.165, 1.54) is 26.0 Å². The molecule has 1 fully saturated rings. The monoisotopic (exact) mass is 277 g/mol. The van der Waals surface area contributed by atoms with E-state index in [2.05, 4.69) is 11.9 Å². The van der Waals surface area contributed by atoms with Crippen LogP contribution in [-0.2, 0) is 0 Å². The lowest BCUT2D eigenvalue weighted by Crippen LogP contribution is -2.12. The molecule has 4 nitrogen and oxygen atoms in total. The van der Waals surface area contributed by atoms with Crippen LogP contribution in [0.25, 0.3) is 11.0 Å². The third-order valence-electron chi connectivity index (χ3n) is 4.13. The highest BCUT2D eigenvalue weighted by atomic mass is 19.1. The fraction of sp³-hybridized carbons (Fsp3) is 0.533. The smallest absolute Gasteiger partial charge is 0.201 e. The average molecular weight is 277 g/mol. The van der Waals surface area contributed by atoms with Crippen molar-refractivity contribution in [2.75, 3.05) is 12.8 Å². The molecule has 3 rings (SSSR count). The summed E-state index contributed by atoms with van der Waals surface area (Å²) < 4.78 is 20.9. The Morgan fingerprint density at radius 1 is 1.50 bits per heavy atom. The summed E-state index contributed by atoms with van der Waals surface area (Å²) in [6, 6.07) is 3.41. The summed E-state index contributed by atoms with van der Waals surface area (Å²) in [6.45, 7) is 2.15. The van der Waals surface area contributed by atoms with Crippen LogP contribution in [0, 0.1) is 11.7 Å². The minimum Gasteiger partial charge on any atom is -0.494 e. The lowest BCUT2D eigenvalue weighted by molar-refractivity contribution is 0.386. The minimum absolute atomic E-state index is 0.236. The zero-order valence-electron chi connectivity index (χ0n) is 11.9. The molecule has 108 valence electrons. The second-order valence-electron chi connectivity index (χ2n) is 5.56. The molecule has 0 aliphatic heterocycles. The molecule has 1 atom stereocenters. The number of halogens is 1. The molecule has 2 N–H and O–H groups in total. The number of nitrogen functional groups attached to an aromatic ring is 1. The standard InChI is InChI=1S/C15H20FN3O/c1-3-10(6-9-4-5-9)19-13-8-14(20-2)11(16)7-12(13)18-15(19)17/h7-10H,3-6H2,1-2H3,(H2,17,18). The Morgan fingerprint density at radius 2 is 2.25 bits per heavy atom. The molecule has 1 saturated carbocycles. The van der Waals surface area contributed by atoms with Gasteiger partial charge in [0.15, 0.2) is 11.6 Å². The first kappa shape index (κ1) is 13.2. The molecule has 20 heavy (non-hydrogen) atoms. The lowest BCUT2D eigenvalue weighted by atomic mass is 10.1. The third-order valence-corrected chi connectivity index (χ3v) is 4.13. The van der Waals surface area contributed by atoms with Crippen LogP contribution in [0.2, 0.25) is 0 Å². The second kappa shape index (κ2) is 4.96. The first-order valence-electron chi connectivity index (χ1n) is 7.15. The first-order valence-corrected chi connectivity index (χ1v) is 7.15. The van der Waals surface area contributed by atoms with Gasteiger partial charge in [-0.05, 0) is 18.8 Å². The zero-order chi connectivity index (χ0) is 14.3. The average Bonchev–Trinajstić information content (AvgIpc) is 3.18. The molecule has 0 radical (unpaired) electrons. The molecule has 1 aromatic carbocycles. The van der Waals surface area contributed by atoms with Crippen molar-refractivity contribution in [2.45, 2.75) is 38.6 Å². The largest absolute Gasteiger partial charge is 0.494 e. The molecule has 5 heteroatoms. The highest BCUT2D eigenvalue weighted by Crippen LogP contribution is 2.40. The quantitative estimate of drug-likeness (QED) is 0.909. The van der Waals surface area contributed by atoms with Crippen molar-refractivity contribution in [3.8, 4) is 5.75 Å². The fourth-order valence-corrected chi connectivity index (χ4v) is 2.85. The van der Waals surface area contributed by atoms with E-state index in [-0.39, 0.29) is 5.75 Å². The van der Waals surface area contributed by atoms with Crippen molar-refractivity contribution in [3.05, 3.63) is 17.9 Å². The van der Waals surface area contributed by atoms with Crippen LogP contribution in [0.3, 0.4) is 0 Å². The van der Waals surface area contributed by atoms with Crippen LogP contribution in [0.1, 0.15) is 38.6 Å². The molecule has 0 amide bonds. The molecule has 1 unspecified atom stereocenters. The van der Waals surface area contributed by atoms with E-state index in [4.69, 9.17) is 10.5 Å². The van der Waals surface area contributed by atoms with E-state index >= 15 is 0 Å². The summed E-state index contributed by atoms with van der Waals surface area (Å²) in [5.74, 6) is 1.10. The molecule has 1 aliphatic carbocycles. The maximum atomic E-state index is 13.7. The number of benzene rings is 1. The van der Waals surface area contributed by atoms with Gasteiger partial charge in [-0.25, -0.2) is 9.37 Å². The Morgan fingerprint density at radius 3 is 2.85 bits per heavy atom. The Hall–Kier alpha value is -1.78. The van der Waals surface area contributed by atoms with Gasteiger partial charge in [0.05, 0.1) is 18.1 Å². The van der Waals surface area contributed by atoms with Crippen LogP contribution in [0.5, 0.6) is 5.75 Å². The number of ether oxygens (including phenoxy) is 1. The number of anilines is 1. The number of aromatic nitrogens is 2. The predicted octanol–water partition coefficient (Wildman–Crippen LogP) is 3.52. The van der Waals surface area contributed by atoms with Crippen LogP contribution in [0.15, 0.2) is 12.1 Å². The number of nitrogens with two attached hydrogens (primary N) is 1. The fourth-order valence-electron chi connectivity index (χ4n) is 2.85. The van der Waals surface area contributed by atoms with Crippen LogP contribution < -0.4 is 10.5 Å². The van der Waals surface area contributed by atoms with Crippen molar-refractivity contribution >= 4 is 17.0 Å². The molecule has 1 aliphatic rings. The number of rotatable bonds is 5. The summed E-state index contributed by atoms with van der Waals surface area (Å²) >= 11 is 0. The van der Waals surface area contributed by atoms with Gasteiger partial charge in [-0.3, -0.25) is 0 Å². The number of nitrogens with zero attached hydrogens (tertiary/aromatic N) is 2. The lowest BCUT2D eigenvalue weighted by Gasteiger charge is -2.19. The molecular formula is C15H20FN3O. The number of imidazole rings is 1. The van der Waals surface area contributed by atoms with Gasteiger partial charge in [-0.2, -0.15) is 0 Å². The predicted molar refractivity (Wildman–Crippen MR) is 77.3 cm³/mol. The van der Waals surface area contributed by atoms with E-state index in [9.17, 15) is 4.39 Å². The van der Waals surface area contributed by atoms with Crippen LogP contribution in [-0.4, -0.2) is 16.7 Å². The first-order chi connectivity index (χ1) is 9.63. The normalized spacial score (nSPS) is 16.6. The SMILES string of the molecule is CCC(CC1CC1)n1c(N)nc2cc(F)c(OC)cc21. The van der Waals surface area contributed by atoms with Crippen molar-refractivity contribution in [2.24, 2.45) is 5.92 Å². The summed E-state index contributed by atoms with van der Waals surface area (Å²) in [4.78, 5) is 4.29. The molecule has 2 aromatic rings. The number of methoxy groups -OCH3 is 1. The van der Waals surface area contributed by atoms with Gasteiger partial charge in [0.2, 0.25) is 5.95 Å². The van der Waals surface area contributed by atoms with E-state index in [1.807, 2.05) is 4.57 Å². The van der Waals surface area contributed by atoms with E-state index in [0.717, 1.165) is 24.3 Å². The highest BCUT2D eigenvalue weighted by Gasteiger charge is 2.27. The second-order valence-corrected chi connectivity index (χ2v) is 5.56. The molecule has 0 saturated heterocycles. The van der Waals surface area contributed by atoms with Crippen LogP contribution in [0.4, 0.5) is 10.3 Å². The highest BCUT2D eigenvalue weighted by molar-refractivity contribution is 5.80. The van der Waals surface area contributed by atoms with E-state index < -0.39 is 5.82 Å². The summed E-state index contributed by atoms with van der Waals surface area (Å²) in [6.07, 6.45) is 4.72. The molecule has 1 aromatic heterocycles. The number of hydrogen-bond acceptors (Lipinski definition) is 3. The minimum atomic E-state index is -0.403. The summed E-state index contributed by atoms with van der Waals surface area (Å²) in [5.41, 5.74) is 7.50. The van der Waals surface area contributed by atoms with Gasteiger partial charge in [0.1, 0.15) is 0 Å². The van der Waals surface area contributed by atoms with Gasteiger partial charge >= 0.3 is 0 Å². The maximum absolute atomic E-state index is 13.7. The van der Waals surface area contributed by atoms with Crippen LogP contribution >= 0.6 is 0 Å².